The predicted octanol–water partition coefficient (Wildman–Crippen LogP) is 5.17. The van der Waals surface area contributed by atoms with Crippen molar-refractivity contribution in [2.45, 2.75) is 9.79 Å². The molecule has 0 radical (unpaired) electrons. The Labute approximate surface area is 158 Å². The number of oxazole rings is 1. The van der Waals surface area contributed by atoms with Crippen molar-refractivity contribution in [3.8, 4) is 5.75 Å². The summed E-state index contributed by atoms with van der Waals surface area (Å²) in [6.45, 7) is 0. The third-order valence-electron chi connectivity index (χ3n) is 3.56. The molecule has 2 N–H and O–H groups in total. The summed E-state index contributed by atoms with van der Waals surface area (Å²) < 4.78 is 10.2. The van der Waals surface area contributed by atoms with Crippen LogP contribution in [0.1, 0.15) is 0 Å². The van der Waals surface area contributed by atoms with Gasteiger partial charge >= 0.3 is 6.16 Å². The molecule has 0 saturated carbocycles. The zero-order chi connectivity index (χ0) is 18.6. The van der Waals surface area contributed by atoms with Crippen LogP contribution in [-0.4, -0.2) is 21.2 Å². The normalized spacial score (nSPS) is 10.7. The van der Waals surface area contributed by atoms with Crippen molar-refractivity contribution >= 4 is 40.7 Å². The molecule has 0 fully saturated rings. The number of nitrogens with zero attached hydrogens (tertiary/aromatic N) is 2. The first kappa shape index (κ1) is 16.9. The molecule has 0 atom stereocenters. The van der Waals surface area contributed by atoms with E-state index < -0.39 is 6.16 Å². The number of ether oxygens (including phenoxy) is 1. The van der Waals surface area contributed by atoms with E-state index in [1.165, 1.54) is 12.1 Å². The number of anilines is 2. The zero-order valence-electron chi connectivity index (χ0n) is 13.8. The van der Waals surface area contributed by atoms with Crippen LogP contribution < -0.4 is 10.1 Å². The number of fused-ring (bicyclic) bond motifs is 1. The van der Waals surface area contributed by atoms with Gasteiger partial charge in [0.25, 0.3) is 6.01 Å². The van der Waals surface area contributed by atoms with Crippen molar-refractivity contribution in [3.05, 3.63) is 67.0 Å². The molecule has 0 amide bonds. The van der Waals surface area contributed by atoms with Crippen molar-refractivity contribution in [2.24, 2.45) is 0 Å². The van der Waals surface area contributed by atoms with Gasteiger partial charge in [-0.1, -0.05) is 11.8 Å². The average Bonchev–Trinajstić information content (AvgIpc) is 3.05. The summed E-state index contributed by atoms with van der Waals surface area (Å²) in [5.41, 5.74) is 1.85. The minimum atomic E-state index is -1.38. The highest BCUT2D eigenvalue weighted by molar-refractivity contribution is 7.99. The van der Waals surface area contributed by atoms with Crippen LogP contribution in [0.15, 0.2) is 81.2 Å². The summed E-state index contributed by atoms with van der Waals surface area (Å²) in [6.07, 6.45) is 2.15. The Bertz CT molecular complexity index is 1080. The van der Waals surface area contributed by atoms with E-state index in [0.717, 1.165) is 15.5 Å². The first-order chi connectivity index (χ1) is 13.2. The fraction of sp³-hybridized carbons (Fsp3) is 0. The van der Waals surface area contributed by atoms with Gasteiger partial charge in [0.15, 0.2) is 5.58 Å². The van der Waals surface area contributed by atoms with E-state index in [9.17, 15) is 4.79 Å². The molecular weight excluding hydrogens is 366 g/mol. The molecule has 0 spiro atoms. The molecule has 0 saturated heterocycles. The number of aromatic nitrogens is 2. The second-order valence-electron chi connectivity index (χ2n) is 5.45. The molecule has 8 heteroatoms. The van der Waals surface area contributed by atoms with Crippen LogP contribution in [0.5, 0.6) is 5.75 Å². The Morgan fingerprint density at radius 2 is 1.78 bits per heavy atom. The van der Waals surface area contributed by atoms with Gasteiger partial charge in [-0.15, -0.1) is 0 Å². The maximum absolute atomic E-state index is 10.6. The summed E-state index contributed by atoms with van der Waals surface area (Å²) in [5.74, 6) is 0.176. The lowest BCUT2D eigenvalue weighted by Crippen LogP contribution is -2.02. The zero-order valence-corrected chi connectivity index (χ0v) is 14.6. The third kappa shape index (κ3) is 4.18. The highest BCUT2D eigenvalue weighted by Crippen LogP contribution is 2.29. The van der Waals surface area contributed by atoms with Gasteiger partial charge in [-0.3, -0.25) is 4.98 Å². The first-order valence-electron chi connectivity index (χ1n) is 7.92. The van der Waals surface area contributed by atoms with Crippen LogP contribution in [0.25, 0.3) is 11.1 Å². The molecule has 0 aliphatic rings. The Hall–Kier alpha value is -3.52. The Morgan fingerprint density at radius 3 is 2.52 bits per heavy atom. The lowest BCUT2D eigenvalue weighted by Gasteiger charge is -2.04. The topological polar surface area (TPSA) is 97.5 Å². The molecule has 27 heavy (non-hydrogen) atoms. The predicted molar refractivity (Wildman–Crippen MR) is 101 cm³/mol. The second-order valence-corrected chi connectivity index (χ2v) is 6.60. The van der Waals surface area contributed by atoms with Crippen molar-refractivity contribution < 1.29 is 19.1 Å². The van der Waals surface area contributed by atoms with E-state index in [0.29, 0.717) is 17.1 Å². The number of pyridine rings is 1. The van der Waals surface area contributed by atoms with Crippen molar-refractivity contribution in [3.63, 3.8) is 0 Å². The lowest BCUT2D eigenvalue weighted by atomic mass is 10.3. The standard InChI is InChI=1S/C19H13N3O4S/c23-19(24)25-13-3-6-16-17(11-13)26-18(22-16)21-12-1-4-14(5-2-12)27-15-7-9-20-10-8-15/h1-11H,(H,21,22)(H,23,24). The number of hydrogen-bond acceptors (Lipinski definition) is 7. The van der Waals surface area contributed by atoms with Crippen LogP contribution in [0, 0.1) is 0 Å². The molecule has 2 aromatic heterocycles. The van der Waals surface area contributed by atoms with Gasteiger partial charge < -0.3 is 19.6 Å². The van der Waals surface area contributed by atoms with E-state index >= 15 is 0 Å². The SMILES string of the molecule is O=C(O)Oc1ccc2nc(Nc3ccc(Sc4ccncc4)cc3)oc2c1. The average molecular weight is 379 g/mol. The number of carbonyl (C=O) groups is 1. The maximum Gasteiger partial charge on any atom is 0.511 e. The molecule has 4 aromatic rings. The van der Waals surface area contributed by atoms with Gasteiger partial charge in [0.05, 0.1) is 0 Å². The summed E-state index contributed by atoms with van der Waals surface area (Å²) in [4.78, 5) is 21.2. The van der Waals surface area contributed by atoms with Gasteiger partial charge in [0, 0.05) is 33.9 Å². The number of hydrogen-bond donors (Lipinski definition) is 2. The largest absolute Gasteiger partial charge is 0.511 e. The summed E-state index contributed by atoms with van der Waals surface area (Å²) >= 11 is 1.64. The van der Waals surface area contributed by atoms with E-state index in [1.54, 1.807) is 30.2 Å². The first-order valence-corrected chi connectivity index (χ1v) is 8.74. The summed E-state index contributed by atoms with van der Waals surface area (Å²) in [5, 5.41) is 11.8. The van der Waals surface area contributed by atoms with E-state index in [1.807, 2.05) is 36.4 Å². The molecule has 2 aromatic carbocycles. The molecule has 134 valence electrons. The smallest absolute Gasteiger partial charge is 0.449 e. The summed E-state index contributed by atoms with van der Waals surface area (Å²) in [6, 6.07) is 16.7. The number of nitrogens with one attached hydrogen (secondary N) is 1. The van der Waals surface area contributed by atoms with E-state index in [-0.39, 0.29) is 5.75 Å². The van der Waals surface area contributed by atoms with Crippen LogP contribution in [0.4, 0.5) is 16.5 Å². The second kappa shape index (κ2) is 7.38. The van der Waals surface area contributed by atoms with Crippen molar-refractivity contribution in [1.29, 1.82) is 0 Å². The van der Waals surface area contributed by atoms with Crippen molar-refractivity contribution in [2.75, 3.05) is 5.32 Å². The van der Waals surface area contributed by atoms with Crippen LogP contribution in [0.2, 0.25) is 0 Å². The van der Waals surface area contributed by atoms with Gasteiger partial charge in [0.1, 0.15) is 11.3 Å². The quantitative estimate of drug-likeness (QED) is 0.362. The monoisotopic (exact) mass is 379 g/mol. The van der Waals surface area contributed by atoms with Crippen LogP contribution >= 0.6 is 11.8 Å². The molecule has 4 rings (SSSR count). The maximum atomic E-state index is 10.6. The molecule has 7 nitrogen and oxygen atoms in total. The highest BCUT2D eigenvalue weighted by Gasteiger charge is 2.09. The fourth-order valence-electron chi connectivity index (χ4n) is 2.39. The van der Waals surface area contributed by atoms with Crippen LogP contribution in [-0.2, 0) is 0 Å². The third-order valence-corrected chi connectivity index (χ3v) is 4.57. The molecule has 0 unspecified atom stereocenters. The number of rotatable bonds is 5. The molecule has 0 aliphatic carbocycles. The minimum absolute atomic E-state index is 0.176. The molecular formula is C19H13N3O4S. The fourth-order valence-corrected chi connectivity index (χ4v) is 3.20. The van der Waals surface area contributed by atoms with E-state index in [4.69, 9.17) is 9.52 Å². The Kier molecular flexibility index (Phi) is 4.63. The van der Waals surface area contributed by atoms with Gasteiger partial charge in [0.2, 0.25) is 0 Å². The van der Waals surface area contributed by atoms with Crippen LogP contribution in [0.3, 0.4) is 0 Å². The molecule has 0 bridgehead atoms. The Balaban J connectivity index is 1.47. The summed E-state index contributed by atoms with van der Waals surface area (Å²) in [7, 11) is 0. The van der Waals surface area contributed by atoms with Gasteiger partial charge in [-0.25, -0.2) is 4.79 Å². The number of benzene rings is 2. The molecule has 0 aliphatic heterocycles. The minimum Gasteiger partial charge on any atom is -0.449 e. The van der Waals surface area contributed by atoms with Gasteiger partial charge in [-0.05, 0) is 48.5 Å². The highest BCUT2D eigenvalue weighted by atomic mass is 32.2. The Morgan fingerprint density at radius 1 is 1.04 bits per heavy atom. The number of carboxylic acid groups (broad SMARTS) is 1. The lowest BCUT2D eigenvalue weighted by molar-refractivity contribution is 0.144. The molecule has 2 heterocycles. The van der Waals surface area contributed by atoms with E-state index in [2.05, 4.69) is 20.0 Å². The van der Waals surface area contributed by atoms with Gasteiger partial charge in [-0.2, -0.15) is 4.98 Å². The van der Waals surface area contributed by atoms with Crippen molar-refractivity contribution in [1.82, 2.24) is 9.97 Å².